The van der Waals surface area contributed by atoms with Gasteiger partial charge in [-0.15, -0.1) is 0 Å². The van der Waals surface area contributed by atoms with Crippen LogP contribution in [0.25, 0.3) is 0 Å². The third kappa shape index (κ3) is 4.70. The van der Waals surface area contributed by atoms with E-state index in [4.69, 9.17) is 4.74 Å². The Kier molecular flexibility index (Phi) is 4.67. The number of aromatic nitrogens is 2. The fraction of sp³-hybridized carbons (Fsp3) is 0.643. The molecule has 1 amide bonds. The van der Waals surface area contributed by atoms with Gasteiger partial charge in [0.2, 0.25) is 0 Å². The molecule has 0 radical (unpaired) electrons. The number of hydrogen-bond acceptors (Lipinski definition) is 5. The highest BCUT2D eigenvalue weighted by atomic mass is 19.4. The van der Waals surface area contributed by atoms with Crippen molar-refractivity contribution in [1.82, 2.24) is 14.9 Å². The fourth-order valence-electron chi connectivity index (χ4n) is 2.08. The Hall–Kier alpha value is -2.06. The van der Waals surface area contributed by atoms with E-state index in [0.29, 0.717) is 32.0 Å². The zero-order chi connectivity index (χ0) is 17.3. The van der Waals surface area contributed by atoms with Crippen LogP contribution >= 0.6 is 0 Å². The van der Waals surface area contributed by atoms with Crippen molar-refractivity contribution in [2.75, 3.05) is 31.1 Å². The fourth-order valence-corrected chi connectivity index (χ4v) is 2.08. The predicted octanol–water partition coefficient (Wildman–Crippen LogP) is 2.55. The van der Waals surface area contributed by atoms with Crippen LogP contribution < -0.4 is 4.90 Å². The third-order valence-corrected chi connectivity index (χ3v) is 3.18. The lowest BCUT2D eigenvalue weighted by Gasteiger charge is -2.36. The van der Waals surface area contributed by atoms with Crippen molar-refractivity contribution in [1.29, 1.82) is 0 Å². The molecule has 0 spiro atoms. The standard InChI is InChI=1S/C14H19F3N4O2/c1-13(2,3)23-12(22)21-6-4-20(5-7-21)11-9-18-10(8-19-11)14(15,16)17/h8-9H,4-7H2,1-3H3. The van der Waals surface area contributed by atoms with Crippen LogP contribution in [0.5, 0.6) is 0 Å². The van der Waals surface area contributed by atoms with Gasteiger partial charge >= 0.3 is 12.3 Å². The summed E-state index contributed by atoms with van der Waals surface area (Å²) in [6.45, 7) is 7.12. The molecule has 1 aromatic rings. The van der Waals surface area contributed by atoms with Crippen LogP contribution in [0, 0.1) is 0 Å². The average Bonchev–Trinajstić information content (AvgIpc) is 2.45. The summed E-state index contributed by atoms with van der Waals surface area (Å²) >= 11 is 0. The van der Waals surface area contributed by atoms with Gasteiger partial charge in [-0.1, -0.05) is 0 Å². The highest BCUT2D eigenvalue weighted by molar-refractivity contribution is 5.68. The molecule has 1 aliphatic heterocycles. The number of rotatable bonds is 1. The molecule has 6 nitrogen and oxygen atoms in total. The Morgan fingerprint density at radius 3 is 2.13 bits per heavy atom. The van der Waals surface area contributed by atoms with Crippen molar-refractivity contribution >= 4 is 11.9 Å². The Balaban J connectivity index is 1.93. The maximum atomic E-state index is 12.5. The normalized spacial score (nSPS) is 16.4. The van der Waals surface area contributed by atoms with E-state index in [9.17, 15) is 18.0 Å². The summed E-state index contributed by atoms with van der Waals surface area (Å²) in [5.74, 6) is 0.363. The second kappa shape index (κ2) is 6.21. The van der Waals surface area contributed by atoms with Crippen LogP contribution in [-0.4, -0.2) is 52.7 Å². The first kappa shape index (κ1) is 17.3. The van der Waals surface area contributed by atoms with Gasteiger partial charge in [0.05, 0.1) is 12.4 Å². The molecule has 0 N–H and O–H groups in total. The van der Waals surface area contributed by atoms with Crippen molar-refractivity contribution in [3.63, 3.8) is 0 Å². The second-order valence-corrected chi connectivity index (χ2v) is 6.21. The number of halogens is 3. The minimum Gasteiger partial charge on any atom is -0.444 e. The van der Waals surface area contributed by atoms with Crippen LogP contribution in [0.15, 0.2) is 12.4 Å². The van der Waals surface area contributed by atoms with Gasteiger partial charge in [-0.05, 0) is 20.8 Å². The summed E-state index contributed by atoms with van der Waals surface area (Å²) in [5.41, 5.74) is -1.58. The predicted molar refractivity (Wildman–Crippen MR) is 77.1 cm³/mol. The van der Waals surface area contributed by atoms with E-state index < -0.39 is 23.6 Å². The first-order valence-electron chi connectivity index (χ1n) is 7.18. The van der Waals surface area contributed by atoms with E-state index in [1.807, 2.05) is 0 Å². The minimum atomic E-state index is -4.50. The lowest BCUT2D eigenvalue weighted by molar-refractivity contribution is -0.141. The molecule has 1 aromatic heterocycles. The Morgan fingerprint density at radius 1 is 1.09 bits per heavy atom. The first-order chi connectivity index (χ1) is 10.6. The molecule has 0 unspecified atom stereocenters. The zero-order valence-corrected chi connectivity index (χ0v) is 13.2. The van der Waals surface area contributed by atoms with Crippen LogP contribution in [0.3, 0.4) is 0 Å². The number of amides is 1. The molecular weight excluding hydrogens is 313 g/mol. The maximum absolute atomic E-state index is 12.5. The number of piperazine rings is 1. The van der Waals surface area contributed by atoms with E-state index in [1.54, 1.807) is 30.6 Å². The number of anilines is 1. The van der Waals surface area contributed by atoms with Crippen molar-refractivity contribution in [3.8, 4) is 0 Å². The van der Waals surface area contributed by atoms with Gasteiger partial charge in [-0.25, -0.2) is 14.8 Å². The average molecular weight is 332 g/mol. The summed E-state index contributed by atoms with van der Waals surface area (Å²) in [6.07, 6.45) is -3.07. The van der Waals surface area contributed by atoms with Gasteiger partial charge in [0, 0.05) is 26.2 Å². The molecule has 23 heavy (non-hydrogen) atoms. The van der Waals surface area contributed by atoms with Gasteiger partial charge in [-0.2, -0.15) is 13.2 Å². The van der Waals surface area contributed by atoms with Crippen molar-refractivity contribution in [2.24, 2.45) is 0 Å². The summed E-state index contributed by atoms with van der Waals surface area (Å²) < 4.78 is 42.7. The molecule has 128 valence electrons. The second-order valence-electron chi connectivity index (χ2n) is 6.21. The molecule has 2 rings (SSSR count). The zero-order valence-electron chi connectivity index (χ0n) is 13.2. The van der Waals surface area contributed by atoms with Gasteiger partial charge in [0.1, 0.15) is 11.4 Å². The summed E-state index contributed by atoms with van der Waals surface area (Å²) in [6, 6.07) is 0. The number of ether oxygens (including phenoxy) is 1. The highest BCUT2D eigenvalue weighted by Gasteiger charge is 2.33. The van der Waals surface area contributed by atoms with Crippen LogP contribution in [0.4, 0.5) is 23.8 Å². The maximum Gasteiger partial charge on any atom is 0.434 e. The van der Waals surface area contributed by atoms with E-state index in [1.165, 1.54) is 0 Å². The highest BCUT2D eigenvalue weighted by Crippen LogP contribution is 2.27. The Morgan fingerprint density at radius 2 is 1.70 bits per heavy atom. The molecule has 0 saturated carbocycles. The lowest BCUT2D eigenvalue weighted by atomic mass is 10.2. The van der Waals surface area contributed by atoms with Crippen molar-refractivity contribution < 1.29 is 22.7 Å². The minimum absolute atomic E-state index is 0.363. The topological polar surface area (TPSA) is 58.6 Å². The molecular formula is C14H19F3N4O2. The van der Waals surface area contributed by atoms with Crippen molar-refractivity contribution in [3.05, 3.63) is 18.1 Å². The number of nitrogens with zero attached hydrogens (tertiary/aromatic N) is 4. The third-order valence-electron chi connectivity index (χ3n) is 3.18. The Labute approximate surface area is 132 Å². The molecule has 0 aromatic carbocycles. The number of hydrogen-bond donors (Lipinski definition) is 0. The molecule has 0 bridgehead atoms. The van der Waals surface area contributed by atoms with Crippen molar-refractivity contribution in [2.45, 2.75) is 32.5 Å². The Bertz CT molecular complexity index is 547. The van der Waals surface area contributed by atoms with Gasteiger partial charge < -0.3 is 14.5 Å². The van der Waals surface area contributed by atoms with Crippen LogP contribution in [-0.2, 0) is 10.9 Å². The number of carbonyl (C=O) groups excluding carboxylic acids is 1. The van der Waals surface area contributed by atoms with Gasteiger partial charge in [-0.3, -0.25) is 0 Å². The van der Waals surface area contributed by atoms with Gasteiger partial charge in [0.15, 0.2) is 5.69 Å². The van der Waals surface area contributed by atoms with Crippen LogP contribution in [0.2, 0.25) is 0 Å². The largest absolute Gasteiger partial charge is 0.444 e. The quantitative estimate of drug-likeness (QED) is 0.791. The summed E-state index contributed by atoms with van der Waals surface area (Å²) in [4.78, 5) is 22.5. The molecule has 1 saturated heterocycles. The number of carbonyl (C=O) groups is 1. The summed E-state index contributed by atoms with van der Waals surface area (Å²) in [7, 11) is 0. The molecule has 2 heterocycles. The van der Waals surface area contributed by atoms with E-state index in [-0.39, 0.29) is 0 Å². The number of alkyl halides is 3. The van der Waals surface area contributed by atoms with E-state index >= 15 is 0 Å². The molecule has 0 atom stereocenters. The monoisotopic (exact) mass is 332 g/mol. The summed E-state index contributed by atoms with van der Waals surface area (Å²) in [5, 5.41) is 0. The first-order valence-corrected chi connectivity index (χ1v) is 7.18. The molecule has 1 aliphatic rings. The lowest BCUT2D eigenvalue weighted by Crippen LogP contribution is -2.50. The van der Waals surface area contributed by atoms with Crippen LogP contribution in [0.1, 0.15) is 26.5 Å². The SMILES string of the molecule is CC(C)(C)OC(=O)N1CCN(c2cnc(C(F)(F)F)cn2)CC1. The molecule has 0 aliphatic carbocycles. The smallest absolute Gasteiger partial charge is 0.434 e. The molecule has 9 heteroatoms. The van der Waals surface area contributed by atoms with E-state index in [2.05, 4.69) is 9.97 Å². The molecule has 1 fully saturated rings. The van der Waals surface area contributed by atoms with E-state index in [0.717, 1.165) is 12.4 Å². The van der Waals surface area contributed by atoms with Gasteiger partial charge in [0.25, 0.3) is 0 Å².